The smallest absolute Gasteiger partial charge is 0.171 e. The van der Waals surface area contributed by atoms with Crippen LogP contribution >= 0.6 is 27.3 Å². The Kier molecular flexibility index (Phi) is 4.14. The summed E-state index contributed by atoms with van der Waals surface area (Å²) in [6.07, 6.45) is 0.196. The maximum atomic E-state index is 13.7. The van der Waals surface area contributed by atoms with Gasteiger partial charge in [-0.3, -0.25) is 4.79 Å². The Balaban J connectivity index is 2.22. The molecule has 1 aromatic carbocycles. The SMILES string of the molecule is COc1ccc(C(=O)Cc2sccc2Br)c(F)c1. The molecule has 0 atom stereocenters. The van der Waals surface area contributed by atoms with Gasteiger partial charge in [0.25, 0.3) is 0 Å². The van der Waals surface area contributed by atoms with Crippen molar-refractivity contribution in [2.24, 2.45) is 0 Å². The number of ether oxygens (including phenoxy) is 1. The average Bonchev–Trinajstić information content (AvgIpc) is 2.74. The Hall–Kier alpha value is -1.20. The highest BCUT2D eigenvalue weighted by atomic mass is 79.9. The van der Waals surface area contributed by atoms with Crippen molar-refractivity contribution in [3.63, 3.8) is 0 Å². The van der Waals surface area contributed by atoms with Crippen LogP contribution in [0.3, 0.4) is 0 Å². The number of Topliss-reactive ketones (excluding diaryl/α,β-unsaturated/α-hetero) is 1. The fraction of sp³-hybridized carbons (Fsp3) is 0.154. The van der Waals surface area contributed by atoms with E-state index in [-0.39, 0.29) is 17.8 Å². The summed E-state index contributed by atoms with van der Waals surface area (Å²) in [5.74, 6) is -0.383. The minimum absolute atomic E-state index is 0.0936. The van der Waals surface area contributed by atoms with Crippen molar-refractivity contribution in [3.8, 4) is 5.75 Å². The molecule has 0 spiro atoms. The van der Waals surface area contributed by atoms with Gasteiger partial charge in [-0.1, -0.05) is 0 Å². The normalized spacial score (nSPS) is 10.4. The Labute approximate surface area is 117 Å². The summed E-state index contributed by atoms with van der Waals surface area (Å²) in [6.45, 7) is 0. The lowest BCUT2D eigenvalue weighted by Crippen LogP contribution is -2.05. The predicted octanol–water partition coefficient (Wildman–Crippen LogP) is 4.08. The summed E-state index contributed by atoms with van der Waals surface area (Å²) < 4.78 is 19.5. The van der Waals surface area contributed by atoms with Crippen LogP contribution < -0.4 is 4.74 Å². The lowest BCUT2D eigenvalue weighted by molar-refractivity contribution is 0.0990. The summed E-state index contributed by atoms with van der Waals surface area (Å²) in [6, 6.07) is 6.13. The first-order valence-electron chi connectivity index (χ1n) is 5.20. The Bertz CT molecular complexity index is 580. The molecule has 0 saturated carbocycles. The van der Waals surface area contributed by atoms with Gasteiger partial charge in [0, 0.05) is 21.8 Å². The van der Waals surface area contributed by atoms with E-state index in [1.165, 1.54) is 30.6 Å². The first-order valence-corrected chi connectivity index (χ1v) is 6.87. The molecular formula is C13H10BrFO2S. The predicted molar refractivity (Wildman–Crippen MR) is 73.0 cm³/mol. The van der Waals surface area contributed by atoms with Gasteiger partial charge in [0.1, 0.15) is 11.6 Å². The molecule has 0 aliphatic rings. The van der Waals surface area contributed by atoms with Crippen molar-refractivity contribution >= 4 is 33.0 Å². The highest BCUT2D eigenvalue weighted by molar-refractivity contribution is 9.10. The number of hydrogen-bond donors (Lipinski definition) is 0. The first-order chi connectivity index (χ1) is 8.61. The maximum Gasteiger partial charge on any atom is 0.171 e. The molecule has 0 amide bonds. The zero-order valence-corrected chi connectivity index (χ0v) is 12.0. The molecule has 0 unspecified atom stereocenters. The van der Waals surface area contributed by atoms with E-state index < -0.39 is 5.82 Å². The highest BCUT2D eigenvalue weighted by Crippen LogP contribution is 2.25. The number of thiophene rings is 1. The third-order valence-electron chi connectivity index (χ3n) is 2.49. The number of carbonyl (C=O) groups is 1. The molecule has 1 aromatic heterocycles. The van der Waals surface area contributed by atoms with Gasteiger partial charge >= 0.3 is 0 Å². The third-order valence-corrected chi connectivity index (χ3v) is 4.42. The summed E-state index contributed by atoms with van der Waals surface area (Å²) in [7, 11) is 1.46. The Morgan fingerprint density at radius 3 is 2.78 bits per heavy atom. The quantitative estimate of drug-likeness (QED) is 0.790. The molecule has 18 heavy (non-hydrogen) atoms. The van der Waals surface area contributed by atoms with E-state index in [4.69, 9.17) is 4.74 Å². The zero-order chi connectivity index (χ0) is 13.1. The first kappa shape index (κ1) is 13.2. The summed E-state index contributed by atoms with van der Waals surface area (Å²) in [5.41, 5.74) is 0.0936. The van der Waals surface area contributed by atoms with Crippen molar-refractivity contribution in [1.29, 1.82) is 0 Å². The van der Waals surface area contributed by atoms with E-state index in [0.29, 0.717) is 5.75 Å². The minimum atomic E-state index is -0.549. The van der Waals surface area contributed by atoms with E-state index in [1.54, 1.807) is 6.07 Å². The van der Waals surface area contributed by atoms with Gasteiger partial charge in [0.2, 0.25) is 0 Å². The molecule has 0 aliphatic heterocycles. The van der Waals surface area contributed by atoms with Gasteiger partial charge in [0.15, 0.2) is 5.78 Å². The molecule has 2 aromatic rings. The van der Waals surface area contributed by atoms with Crippen molar-refractivity contribution in [3.05, 3.63) is 50.4 Å². The van der Waals surface area contributed by atoms with E-state index in [1.807, 2.05) is 11.4 Å². The number of rotatable bonds is 4. The second kappa shape index (κ2) is 5.63. The number of carbonyl (C=O) groups excluding carboxylic acids is 1. The van der Waals surface area contributed by atoms with E-state index in [0.717, 1.165) is 9.35 Å². The lowest BCUT2D eigenvalue weighted by Gasteiger charge is -2.04. The third kappa shape index (κ3) is 2.79. The highest BCUT2D eigenvalue weighted by Gasteiger charge is 2.15. The van der Waals surface area contributed by atoms with Gasteiger partial charge in [-0.2, -0.15) is 0 Å². The molecule has 0 bridgehead atoms. The second-order valence-electron chi connectivity index (χ2n) is 3.64. The molecule has 2 rings (SSSR count). The molecule has 2 nitrogen and oxygen atoms in total. The summed E-state index contributed by atoms with van der Waals surface area (Å²) >= 11 is 4.82. The van der Waals surface area contributed by atoms with Gasteiger partial charge in [-0.05, 0) is 39.5 Å². The van der Waals surface area contributed by atoms with E-state index in [9.17, 15) is 9.18 Å². The van der Waals surface area contributed by atoms with Gasteiger partial charge in [-0.15, -0.1) is 11.3 Å². The molecular weight excluding hydrogens is 319 g/mol. The standard InChI is InChI=1S/C13H10BrFO2S/c1-17-8-2-3-9(11(15)6-8)12(16)7-13-10(14)4-5-18-13/h2-6H,7H2,1H3. The molecule has 0 N–H and O–H groups in total. The van der Waals surface area contributed by atoms with Crippen molar-refractivity contribution in [2.45, 2.75) is 6.42 Å². The fourth-order valence-electron chi connectivity index (χ4n) is 1.54. The van der Waals surface area contributed by atoms with Crippen molar-refractivity contribution in [1.82, 2.24) is 0 Å². The van der Waals surface area contributed by atoms with Crippen LogP contribution in [0, 0.1) is 5.82 Å². The van der Waals surface area contributed by atoms with Crippen LogP contribution in [-0.2, 0) is 6.42 Å². The maximum absolute atomic E-state index is 13.7. The molecule has 94 valence electrons. The largest absolute Gasteiger partial charge is 0.497 e. The van der Waals surface area contributed by atoms with Gasteiger partial charge < -0.3 is 4.74 Å². The Morgan fingerprint density at radius 2 is 2.22 bits per heavy atom. The van der Waals surface area contributed by atoms with Crippen LogP contribution in [0.15, 0.2) is 34.1 Å². The molecule has 0 aliphatic carbocycles. The molecule has 0 fully saturated rings. The molecule has 0 saturated heterocycles. The van der Waals surface area contributed by atoms with Crippen LogP contribution in [-0.4, -0.2) is 12.9 Å². The van der Waals surface area contributed by atoms with Gasteiger partial charge in [0.05, 0.1) is 12.7 Å². The topological polar surface area (TPSA) is 26.3 Å². The van der Waals surface area contributed by atoms with Crippen molar-refractivity contribution < 1.29 is 13.9 Å². The number of methoxy groups -OCH3 is 1. The number of ketones is 1. The monoisotopic (exact) mass is 328 g/mol. The van der Waals surface area contributed by atoms with E-state index in [2.05, 4.69) is 15.9 Å². The zero-order valence-electron chi connectivity index (χ0n) is 9.57. The molecule has 5 heteroatoms. The van der Waals surface area contributed by atoms with Gasteiger partial charge in [-0.25, -0.2) is 4.39 Å². The van der Waals surface area contributed by atoms with E-state index >= 15 is 0 Å². The van der Waals surface area contributed by atoms with Crippen molar-refractivity contribution in [2.75, 3.05) is 7.11 Å². The Morgan fingerprint density at radius 1 is 1.44 bits per heavy atom. The second-order valence-corrected chi connectivity index (χ2v) is 5.49. The van der Waals surface area contributed by atoms with Crippen LogP contribution in [0.5, 0.6) is 5.75 Å². The number of benzene rings is 1. The average molecular weight is 329 g/mol. The van der Waals surface area contributed by atoms with Crippen LogP contribution in [0.2, 0.25) is 0 Å². The van der Waals surface area contributed by atoms with Crippen LogP contribution in [0.1, 0.15) is 15.2 Å². The molecule has 1 heterocycles. The number of halogens is 2. The van der Waals surface area contributed by atoms with Crippen LogP contribution in [0.25, 0.3) is 0 Å². The summed E-state index contributed by atoms with van der Waals surface area (Å²) in [5, 5.41) is 1.89. The number of hydrogen-bond acceptors (Lipinski definition) is 3. The molecule has 0 radical (unpaired) electrons. The van der Waals surface area contributed by atoms with Crippen LogP contribution in [0.4, 0.5) is 4.39 Å². The minimum Gasteiger partial charge on any atom is -0.497 e. The summed E-state index contributed by atoms with van der Waals surface area (Å²) in [4.78, 5) is 12.9. The lowest BCUT2D eigenvalue weighted by atomic mass is 10.1. The fourth-order valence-corrected chi connectivity index (χ4v) is 3.03.